The molecule has 0 saturated carbocycles. The van der Waals surface area contributed by atoms with Crippen molar-refractivity contribution in [1.29, 1.82) is 0 Å². The van der Waals surface area contributed by atoms with Crippen molar-refractivity contribution in [3.05, 3.63) is 76.5 Å². The van der Waals surface area contributed by atoms with Crippen molar-refractivity contribution >= 4 is 46.1 Å². The molecule has 0 aliphatic carbocycles. The molecule has 0 bridgehead atoms. The van der Waals surface area contributed by atoms with E-state index in [9.17, 15) is 4.79 Å². The second-order valence-corrected chi connectivity index (χ2v) is 8.34. The largest absolute Gasteiger partial charge is 0.326 e. The van der Waals surface area contributed by atoms with Crippen molar-refractivity contribution in [2.45, 2.75) is 23.5 Å². The summed E-state index contributed by atoms with van der Waals surface area (Å²) in [6.45, 7) is 1.52. The van der Waals surface area contributed by atoms with E-state index >= 15 is 0 Å². The number of fused-ring (bicyclic) bond motifs is 1. The quantitative estimate of drug-likeness (QED) is 0.601. The highest BCUT2D eigenvalue weighted by atomic mass is 32.2. The summed E-state index contributed by atoms with van der Waals surface area (Å²) in [5.41, 5.74) is 3.91. The van der Waals surface area contributed by atoms with Gasteiger partial charge in [-0.05, 0) is 41.3 Å². The second kappa shape index (κ2) is 7.48. The van der Waals surface area contributed by atoms with Gasteiger partial charge < -0.3 is 5.32 Å². The number of thiophene rings is 1. The van der Waals surface area contributed by atoms with Crippen molar-refractivity contribution in [3.8, 4) is 0 Å². The molecular formula is C21H18N2OS2. The Bertz CT molecular complexity index is 964. The first-order chi connectivity index (χ1) is 12.7. The zero-order valence-electron chi connectivity index (χ0n) is 14.3. The van der Waals surface area contributed by atoms with Gasteiger partial charge in [0, 0.05) is 39.8 Å². The van der Waals surface area contributed by atoms with Crippen LogP contribution >= 0.6 is 23.1 Å². The van der Waals surface area contributed by atoms with Crippen molar-refractivity contribution in [3.63, 3.8) is 0 Å². The minimum atomic E-state index is -0.0673. The maximum Gasteiger partial charge on any atom is 0.221 e. The standard InChI is InChI=1S/C21H18N2OS2/c1-14(24)22-16-7-4-6-15(12-16)18-13-21(20-10-5-11-25-20)26-19-9-3-2-8-17(19)23-18/h2-12,21H,13H2,1H3,(H,22,24)/t21-/m0/s1. The van der Waals surface area contributed by atoms with E-state index in [0.717, 1.165) is 29.1 Å². The summed E-state index contributed by atoms with van der Waals surface area (Å²) < 4.78 is 0. The number of amides is 1. The molecule has 5 heteroatoms. The average Bonchev–Trinajstić information content (AvgIpc) is 3.09. The zero-order chi connectivity index (χ0) is 17.9. The lowest BCUT2D eigenvalue weighted by Gasteiger charge is -2.14. The highest BCUT2D eigenvalue weighted by molar-refractivity contribution is 7.99. The van der Waals surface area contributed by atoms with Crippen LogP contribution in [-0.2, 0) is 4.79 Å². The first-order valence-electron chi connectivity index (χ1n) is 8.44. The molecule has 2 aromatic carbocycles. The SMILES string of the molecule is CC(=O)Nc1cccc(C2=Nc3ccccc3S[C@H](c3cccs3)C2)c1. The Labute approximate surface area is 161 Å². The summed E-state index contributed by atoms with van der Waals surface area (Å²) in [5, 5.41) is 5.32. The van der Waals surface area contributed by atoms with Crippen molar-refractivity contribution in [2.75, 3.05) is 5.32 Å². The van der Waals surface area contributed by atoms with Crippen LogP contribution in [0, 0.1) is 0 Å². The number of benzene rings is 2. The van der Waals surface area contributed by atoms with Crippen LogP contribution in [0.1, 0.15) is 29.0 Å². The number of nitrogens with zero attached hydrogens (tertiary/aromatic N) is 1. The number of carbonyl (C=O) groups is 1. The Balaban J connectivity index is 1.76. The normalized spacial score (nSPS) is 16.3. The summed E-state index contributed by atoms with van der Waals surface area (Å²) in [7, 11) is 0. The lowest BCUT2D eigenvalue weighted by atomic mass is 10.0. The van der Waals surface area contributed by atoms with Gasteiger partial charge in [-0.3, -0.25) is 9.79 Å². The van der Waals surface area contributed by atoms with Gasteiger partial charge in [0.15, 0.2) is 0 Å². The molecular weight excluding hydrogens is 360 g/mol. The number of hydrogen-bond acceptors (Lipinski definition) is 4. The summed E-state index contributed by atoms with van der Waals surface area (Å²) in [6.07, 6.45) is 0.851. The van der Waals surface area contributed by atoms with E-state index in [2.05, 4.69) is 47.1 Å². The number of para-hydroxylation sites is 1. The molecule has 3 nitrogen and oxygen atoms in total. The van der Waals surface area contributed by atoms with Gasteiger partial charge >= 0.3 is 0 Å². The maximum absolute atomic E-state index is 11.4. The van der Waals surface area contributed by atoms with Crippen LogP contribution in [0.4, 0.5) is 11.4 Å². The van der Waals surface area contributed by atoms with Gasteiger partial charge in [0.1, 0.15) is 0 Å². The van der Waals surface area contributed by atoms with E-state index < -0.39 is 0 Å². The first-order valence-corrected chi connectivity index (χ1v) is 10.2. The maximum atomic E-state index is 11.4. The molecule has 1 N–H and O–H groups in total. The first kappa shape index (κ1) is 17.1. The molecule has 1 aromatic heterocycles. The van der Waals surface area contributed by atoms with Gasteiger partial charge in [-0.2, -0.15) is 0 Å². The molecule has 1 atom stereocenters. The molecule has 1 aliphatic heterocycles. The monoisotopic (exact) mass is 378 g/mol. The molecule has 3 aromatic rings. The van der Waals surface area contributed by atoms with Crippen LogP contribution in [0.2, 0.25) is 0 Å². The molecule has 1 aliphatic rings. The summed E-state index contributed by atoms with van der Waals surface area (Å²) in [6, 6.07) is 20.5. The summed E-state index contributed by atoms with van der Waals surface area (Å²) >= 11 is 3.66. The van der Waals surface area contributed by atoms with Crippen LogP contribution in [0.5, 0.6) is 0 Å². The lowest BCUT2D eigenvalue weighted by molar-refractivity contribution is -0.114. The Morgan fingerprint density at radius 3 is 2.81 bits per heavy atom. The third-order valence-electron chi connectivity index (χ3n) is 4.15. The van der Waals surface area contributed by atoms with Crippen LogP contribution in [0.25, 0.3) is 0 Å². The van der Waals surface area contributed by atoms with Crippen LogP contribution in [0.3, 0.4) is 0 Å². The predicted molar refractivity (Wildman–Crippen MR) is 111 cm³/mol. The molecule has 0 spiro atoms. The number of rotatable bonds is 3. The minimum absolute atomic E-state index is 0.0673. The highest BCUT2D eigenvalue weighted by Crippen LogP contribution is 2.46. The van der Waals surface area contributed by atoms with Gasteiger partial charge in [-0.15, -0.1) is 23.1 Å². The van der Waals surface area contributed by atoms with Crippen molar-refractivity contribution in [1.82, 2.24) is 0 Å². The van der Waals surface area contributed by atoms with Gasteiger partial charge in [0.05, 0.1) is 5.69 Å². The van der Waals surface area contributed by atoms with Crippen molar-refractivity contribution in [2.24, 2.45) is 4.99 Å². The highest BCUT2D eigenvalue weighted by Gasteiger charge is 2.23. The van der Waals surface area contributed by atoms with E-state index in [1.165, 1.54) is 16.7 Å². The summed E-state index contributed by atoms with van der Waals surface area (Å²) in [5.74, 6) is -0.0673. The fourth-order valence-corrected chi connectivity index (χ4v) is 5.16. The number of aliphatic imine (C=N–C) groups is 1. The van der Waals surface area contributed by atoms with Crippen molar-refractivity contribution < 1.29 is 4.79 Å². The van der Waals surface area contributed by atoms with Gasteiger partial charge in [-0.1, -0.05) is 30.3 Å². The Morgan fingerprint density at radius 2 is 2.00 bits per heavy atom. The molecule has 2 heterocycles. The Kier molecular flexibility index (Phi) is 4.91. The minimum Gasteiger partial charge on any atom is -0.326 e. The van der Waals surface area contributed by atoms with E-state index in [-0.39, 0.29) is 5.91 Å². The van der Waals surface area contributed by atoms with Crippen LogP contribution < -0.4 is 5.32 Å². The second-order valence-electron chi connectivity index (χ2n) is 6.11. The fourth-order valence-electron chi connectivity index (χ4n) is 3.01. The van der Waals surface area contributed by atoms with E-state index in [0.29, 0.717) is 5.25 Å². The number of anilines is 1. The zero-order valence-corrected chi connectivity index (χ0v) is 15.9. The smallest absolute Gasteiger partial charge is 0.221 e. The molecule has 0 radical (unpaired) electrons. The third kappa shape index (κ3) is 3.74. The Hall–Kier alpha value is -2.37. The number of nitrogens with one attached hydrogen (secondary N) is 1. The number of carbonyl (C=O) groups excluding carboxylic acids is 1. The third-order valence-corrected chi connectivity index (χ3v) is 6.58. The van der Waals surface area contributed by atoms with Gasteiger partial charge in [0.25, 0.3) is 0 Å². The van der Waals surface area contributed by atoms with Crippen LogP contribution in [0.15, 0.2) is 75.9 Å². The number of thioether (sulfide) groups is 1. The molecule has 4 rings (SSSR count). The van der Waals surface area contributed by atoms with E-state index in [1.54, 1.807) is 11.3 Å². The van der Waals surface area contributed by atoms with Gasteiger partial charge in [-0.25, -0.2) is 0 Å². The van der Waals surface area contributed by atoms with Crippen LogP contribution in [-0.4, -0.2) is 11.6 Å². The lowest BCUT2D eigenvalue weighted by Crippen LogP contribution is -2.08. The summed E-state index contributed by atoms with van der Waals surface area (Å²) in [4.78, 5) is 18.9. The predicted octanol–water partition coefficient (Wildman–Crippen LogP) is 6.06. The molecule has 130 valence electrons. The number of hydrogen-bond donors (Lipinski definition) is 1. The molecule has 0 unspecified atom stereocenters. The fraction of sp³-hybridized carbons (Fsp3) is 0.143. The topological polar surface area (TPSA) is 41.5 Å². The molecule has 1 amide bonds. The molecule has 26 heavy (non-hydrogen) atoms. The molecule has 0 fully saturated rings. The van der Waals surface area contributed by atoms with E-state index in [1.807, 2.05) is 36.0 Å². The van der Waals surface area contributed by atoms with Gasteiger partial charge in [0.2, 0.25) is 5.91 Å². The van der Waals surface area contributed by atoms with E-state index in [4.69, 9.17) is 4.99 Å². The Morgan fingerprint density at radius 1 is 1.12 bits per heavy atom. The average molecular weight is 379 g/mol. The molecule has 0 saturated heterocycles.